The molecule has 0 saturated carbocycles. The third kappa shape index (κ3) is 3.23. The lowest BCUT2D eigenvalue weighted by atomic mass is 9.99. The Morgan fingerprint density at radius 1 is 1.08 bits per heavy atom. The first-order chi connectivity index (χ1) is 12.2. The second kappa shape index (κ2) is 6.82. The van der Waals surface area contributed by atoms with E-state index in [0.717, 1.165) is 51.1 Å². The number of carbonyl (C=O) groups excluding carboxylic acids is 1. The lowest BCUT2D eigenvalue weighted by molar-refractivity contribution is 0.0691. The zero-order valence-electron chi connectivity index (χ0n) is 14.7. The highest BCUT2D eigenvalue weighted by atomic mass is 16.2. The maximum atomic E-state index is 12.6. The van der Waals surface area contributed by atoms with Gasteiger partial charge in [-0.3, -0.25) is 4.79 Å². The summed E-state index contributed by atoms with van der Waals surface area (Å²) in [7, 11) is 0. The Kier molecular flexibility index (Phi) is 4.38. The van der Waals surface area contributed by atoms with Gasteiger partial charge < -0.3 is 9.80 Å². The van der Waals surface area contributed by atoms with Crippen LogP contribution in [0.25, 0.3) is 0 Å². The minimum Gasteiger partial charge on any atom is -0.337 e. The van der Waals surface area contributed by atoms with Gasteiger partial charge in [0.15, 0.2) is 5.82 Å². The van der Waals surface area contributed by atoms with Crippen LogP contribution in [0, 0.1) is 5.92 Å². The molecule has 0 N–H and O–H groups in total. The van der Waals surface area contributed by atoms with E-state index in [1.807, 2.05) is 4.90 Å². The first-order valence-corrected chi connectivity index (χ1v) is 9.19. The van der Waals surface area contributed by atoms with Crippen molar-refractivity contribution in [2.75, 3.05) is 24.5 Å². The second-order valence-corrected chi connectivity index (χ2v) is 7.12. The molecule has 25 heavy (non-hydrogen) atoms. The normalized spacial score (nSPS) is 18.1. The van der Waals surface area contributed by atoms with Crippen molar-refractivity contribution in [3.8, 4) is 0 Å². The molecular weight excluding hydrogens is 312 g/mol. The fourth-order valence-electron chi connectivity index (χ4n) is 3.72. The summed E-state index contributed by atoms with van der Waals surface area (Å²) in [5.74, 6) is 1.53. The Hall–Kier alpha value is -2.43. The summed E-state index contributed by atoms with van der Waals surface area (Å²) in [6.45, 7) is 4.82. The minimum absolute atomic E-state index is 0.00462. The standard InChI is InChI=1S/C20H24N4O/c1-15-8-11-23(12-9-15)20(25)17-13-22-19(14-21-17)24-10-4-6-16-5-2-3-7-18(16)24/h2-3,5,7,13-15H,4,6,8-12H2,1H3. The number of aromatic nitrogens is 2. The summed E-state index contributed by atoms with van der Waals surface area (Å²) >= 11 is 0. The van der Waals surface area contributed by atoms with Gasteiger partial charge in [-0.15, -0.1) is 0 Å². The van der Waals surface area contributed by atoms with Crippen LogP contribution < -0.4 is 4.90 Å². The van der Waals surface area contributed by atoms with Crippen molar-refractivity contribution in [1.29, 1.82) is 0 Å². The number of hydrogen-bond donors (Lipinski definition) is 0. The first kappa shape index (κ1) is 16.1. The number of carbonyl (C=O) groups is 1. The largest absolute Gasteiger partial charge is 0.337 e. The predicted octanol–water partition coefficient (Wildman–Crippen LogP) is 3.43. The molecule has 0 unspecified atom stereocenters. The average molecular weight is 336 g/mol. The fourth-order valence-corrected chi connectivity index (χ4v) is 3.72. The molecule has 0 spiro atoms. The van der Waals surface area contributed by atoms with E-state index in [2.05, 4.69) is 46.1 Å². The minimum atomic E-state index is 0.00462. The van der Waals surface area contributed by atoms with Gasteiger partial charge in [0.1, 0.15) is 5.69 Å². The van der Waals surface area contributed by atoms with Crippen LogP contribution in [0.15, 0.2) is 36.7 Å². The monoisotopic (exact) mass is 336 g/mol. The number of rotatable bonds is 2. The van der Waals surface area contributed by atoms with Crippen LogP contribution in [0.3, 0.4) is 0 Å². The van der Waals surface area contributed by atoms with Crippen molar-refractivity contribution in [2.24, 2.45) is 5.92 Å². The maximum absolute atomic E-state index is 12.6. The van der Waals surface area contributed by atoms with E-state index in [-0.39, 0.29) is 5.91 Å². The van der Waals surface area contributed by atoms with E-state index < -0.39 is 0 Å². The molecule has 2 aromatic rings. The van der Waals surface area contributed by atoms with Crippen LogP contribution in [0.4, 0.5) is 11.5 Å². The Balaban J connectivity index is 1.52. The SMILES string of the molecule is CC1CCN(C(=O)c2cnc(N3CCCc4ccccc43)cn2)CC1. The lowest BCUT2D eigenvalue weighted by Gasteiger charge is -2.31. The van der Waals surface area contributed by atoms with E-state index in [1.165, 1.54) is 11.3 Å². The summed E-state index contributed by atoms with van der Waals surface area (Å²) in [4.78, 5) is 25.7. The first-order valence-electron chi connectivity index (χ1n) is 9.19. The van der Waals surface area contributed by atoms with Crippen LogP contribution in [0.5, 0.6) is 0 Å². The quantitative estimate of drug-likeness (QED) is 0.843. The molecular formula is C20H24N4O. The molecule has 2 aliphatic heterocycles. The van der Waals surface area contributed by atoms with Crippen molar-refractivity contribution in [3.05, 3.63) is 47.9 Å². The van der Waals surface area contributed by atoms with Crippen LogP contribution in [-0.2, 0) is 6.42 Å². The number of hydrogen-bond acceptors (Lipinski definition) is 4. The van der Waals surface area contributed by atoms with Gasteiger partial charge in [0, 0.05) is 25.3 Å². The molecule has 5 heteroatoms. The number of likely N-dealkylation sites (tertiary alicyclic amines) is 1. The van der Waals surface area contributed by atoms with E-state index in [9.17, 15) is 4.79 Å². The van der Waals surface area contributed by atoms with Crippen molar-refractivity contribution in [2.45, 2.75) is 32.6 Å². The Morgan fingerprint density at radius 3 is 2.64 bits per heavy atom. The summed E-state index contributed by atoms with van der Waals surface area (Å²) in [6.07, 6.45) is 7.72. The van der Waals surface area contributed by atoms with E-state index >= 15 is 0 Å². The number of benzene rings is 1. The Labute approximate surface area is 148 Å². The van der Waals surface area contributed by atoms with Crippen molar-refractivity contribution < 1.29 is 4.79 Å². The van der Waals surface area contributed by atoms with E-state index in [1.54, 1.807) is 12.4 Å². The summed E-state index contributed by atoms with van der Waals surface area (Å²) < 4.78 is 0. The third-order valence-electron chi connectivity index (χ3n) is 5.31. The van der Waals surface area contributed by atoms with Crippen LogP contribution >= 0.6 is 0 Å². The fraction of sp³-hybridized carbons (Fsp3) is 0.450. The highest BCUT2D eigenvalue weighted by Gasteiger charge is 2.23. The lowest BCUT2D eigenvalue weighted by Crippen LogP contribution is -2.38. The van der Waals surface area contributed by atoms with Gasteiger partial charge in [-0.1, -0.05) is 25.1 Å². The number of nitrogens with zero attached hydrogens (tertiary/aromatic N) is 4. The molecule has 1 aromatic carbocycles. The number of piperidine rings is 1. The number of aryl methyl sites for hydroxylation is 1. The predicted molar refractivity (Wildman–Crippen MR) is 98.1 cm³/mol. The molecule has 5 nitrogen and oxygen atoms in total. The van der Waals surface area contributed by atoms with Gasteiger partial charge in [-0.25, -0.2) is 9.97 Å². The molecule has 2 aliphatic rings. The number of para-hydroxylation sites is 1. The van der Waals surface area contributed by atoms with E-state index in [4.69, 9.17) is 0 Å². The van der Waals surface area contributed by atoms with Gasteiger partial charge in [-0.05, 0) is 43.2 Å². The molecule has 1 aromatic heterocycles. The molecule has 0 atom stereocenters. The molecule has 0 aliphatic carbocycles. The van der Waals surface area contributed by atoms with Gasteiger partial charge in [0.05, 0.1) is 12.4 Å². The summed E-state index contributed by atoms with van der Waals surface area (Å²) in [5, 5.41) is 0. The third-order valence-corrected chi connectivity index (χ3v) is 5.31. The molecule has 0 bridgehead atoms. The zero-order valence-corrected chi connectivity index (χ0v) is 14.7. The molecule has 1 fully saturated rings. The molecule has 1 amide bonds. The number of fused-ring (bicyclic) bond motifs is 1. The van der Waals surface area contributed by atoms with Crippen LogP contribution in [0.2, 0.25) is 0 Å². The molecule has 0 radical (unpaired) electrons. The highest BCUT2D eigenvalue weighted by Crippen LogP contribution is 2.31. The van der Waals surface area contributed by atoms with Gasteiger partial charge in [0.25, 0.3) is 5.91 Å². The number of amides is 1. The van der Waals surface area contributed by atoms with Crippen LogP contribution in [-0.4, -0.2) is 40.4 Å². The summed E-state index contributed by atoms with van der Waals surface area (Å²) in [6, 6.07) is 8.43. The molecule has 130 valence electrons. The molecule has 3 heterocycles. The zero-order chi connectivity index (χ0) is 17.2. The number of anilines is 2. The molecule has 1 saturated heterocycles. The van der Waals surface area contributed by atoms with Gasteiger partial charge in [0.2, 0.25) is 0 Å². The van der Waals surface area contributed by atoms with Crippen molar-refractivity contribution in [3.63, 3.8) is 0 Å². The average Bonchev–Trinajstić information content (AvgIpc) is 2.68. The van der Waals surface area contributed by atoms with E-state index in [0.29, 0.717) is 11.6 Å². The molecule has 4 rings (SSSR count). The van der Waals surface area contributed by atoms with Crippen molar-refractivity contribution in [1.82, 2.24) is 14.9 Å². The maximum Gasteiger partial charge on any atom is 0.274 e. The second-order valence-electron chi connectivity index (χ2n) is 7.12. The van der Waals surface area contributed by atoms with Crippen molar-refractivity contribution >= 4 is 17.4 Å². The van der Waals surface area contributed by atoms with Crippen LogP contribution in [0.1, 0.15) is 42.2 Å². The van der Waals surface area contributed by atoms with Gasteiger partial charge >= 0.3 is 0 Å². The highest BCUT2D eigenvalue weighted by molar-refractivity contribution is 5.92. The summed E-state index contributed by atoms with van der Waals surface area (Å²) in [5.41, 5.74) is 2.99. The Morgan fingerprint density at radius 2 is 1.88 bits per heavy atom. The van der Waals surface area contributed by atoms with Gasteiger partial charge in [-0.2, -0.15) is 0 Å². The smallest absolute Gasteiger partial charge is 0.274 e. The Bertz CT molecular complexity index is 751. The topological polar surface area (TPSA) is 49.3 Å².